The zero-order chi connectivity index (χ0) is 23.2. The van der Waals surface area contributed by atoms with Gasteiger partial charge >= 0.3 is 0 Å². The van der Waals surface area contributed by atoms with Crippen molar-refractivity contribution in [3.05, 3.63) is 93.2 Å². The highest BCUT2D eigenvalue weighted by atomic mass is 32.1. The molecule has 1 heterocycles. The van der Waals surface area contributed by atoms with Gasteiger partial charge in [0.1, 0.15) is 5.78 Å². The van der Waals surface area contributed by atoms with Gasteiger partial charge in [-0.25, -0.2) is 0 Å². The van der Waals surface area contributed by atoms with Crippen molar-refractivity contribution >= 4 is 17.1 Å². The summed E-state index contributed by atoms with van der Waals surface area (Å²) in [6, 6.07) is 20.9. The SMILES string of the molecule is C/C=C1/CC(C)C(=O)C2(Cc3ccccc3C2)C(C)(c2cc(-c3cccc(C#N)c3)cs2)C1. The first-order valence-corrected chi connectivity index (χ1v) is 12.6. The highest BCUT2D eigenvalue weighted by Crippen LogP contribution is 2.59. The fraction of sp³-hybridized carbons (Fsp3) is 0.333. The van der Waals surface area contributed by atoms with Crippen molar-refractivity contribution in [1.29, 1.82) is 5.26 Å². The van der Waals surface area contributed by atoms with Gasteiger partial charge in [-0.15, -0.1) is 11.3 Å². The molecular weight excluding hydrogens is 422 g/mol. The third-order valence-electron chi connectivity index (χ3n) is 8.10. The van der Waals surface area contributed by atoms with E-state index in [0.717, 1.165) is 36.8 Å². The average molecular weight is 452 g/mol. The first-order chi connectivity index (χ1) is 15.9. The topological polar surface area (TPSA) is 40.9 Å². The van der Waals surface area contributed by atoms with E-state index < -0.39 is 5.41 Å². The van der Waals surface area contributed by atoms with Crippen molar-refractivity contribution in [2.24, 2.45) is 11.3 Å². The van der Waals surface area contributed by atoms with Gasteiger partial charge in [0.25, 0.3) is 0 Å². The minimum Gasteiger partial charge on any atom is -0.299 e. The van der Waals surface area contributed by atoms with E-state index in [-0.39, 0.29) is 11.3 Å². The van der Waals surface area contributed by atoms with Crippen molar-refractivity contribution in [2.45, 2.75) is 51.9 Å². The summed E-state index contributed by atoms with van der Waals surface area (Å²) in [6.45, 7) is 6.57. The number of thiophene rings is 1. The predicted octanol–water partition coefficient (Wildman–Crippen LogP) is 7.27. The van der Waals surface area contributed by atoms with Crippen LogP contribution in [0, 0.1) is 22.7 Å². The Labute approximate surface area is 200 Å². The third kappa shape index (κ3) is 3.40. The number of Topliss-reactive ketones (excluding diaryl/α,β-unsaturated/α-hetero) is 1. The molecule has 166 valence electrons. The van der Waals surface area contributed by atoms with Crippen LogP contribution in [0.15, 0.2) is 71.6 Å². The lowest BCUT2D eigenvalue weighted by atomic mass is 9.57. The predicted molar refractivity (Wildman–Crippen MR) is 135 cm³/mol. The second kappa shape index (κ2) is 8.12. The van der Waals surface area contributed by atoms with Crippen molar-refractivity contribution in [1.82, 2.24) is 0 Å². The Morgan fingerprint density at radius 3 is 2.42 bits per heavy atom. The first-order valence-electron chi connectivity index (χ1n) is 11.7. The molecule has 2 unspecified atom stereocenters. The minimum atomic E-state index is -0.433. The van der Waals surface area contributed by atoms with Crippen LogP contribution in [0.5, 0.6) is 0 Å². The zero-order valence-electron chi connectivity index (χ0n) is 19.5. The molecule has 1 saturated carbocycles. The minimum absolute atomic E-state index is 0.0269. The molecule has 1 spiro atoms. The summed E-state index contributed by atoms with van der Waals surface area (Å²) in [4.78, 5) is 15.5. The molecule has 2 aliphatic rings. The van der Waals surface area contributed by atoms with Gasteiger partial charge in [-0.2, -0.15) is 5.26 Å². The maximum atomic E-state index is 14.2. The summed E-state index contributed by atoms with van der Waals surface area (Å²) in [5, 5.41) is 11.5. The van der Waals surface area contributed by atoms with Crippen molar-refractivity contribution in [3.63, 3.8) is 0 Å². The fourth-order valence-corrected chi connectivity index (χ4v) is 7.37. The van der Waals surface area contributed by atoms with Gasteiger partial charge in [-0.05, 0) is 78.4 Å². The zero-order valence-corrected chi connectivity index (χ0v) is 20.3. The van der Waals surface area contributed by atoms with E-state index in [0.29, 0.717) is 11.3 Å². The van der Waals surface area contributed by atoms with Crippen molar-refractivity contribution in [2.75, 3.05) is 0 Å². The van der Waals surface area contributed by atoms with E-state index in [1.807, 2.05) is 18.2 Å². The van der Waals surface area contributed by atoms with Crippen LogP contribution < -0.4 is 0 Å². The largest absolute Gasteiger partial charge is 0.299 e. The molecule has 0 radical (unpaired) electrons. The number of benzene rings is 2. The number of allylic oxidation sites excluding steroid dienone is 2. The van der Waals surface area contributed by atoms with E-state index in [2.05, 4.69) is 74.7 Å². The van der Waals surface area contributed by atoms with Gasteiger partial charge < -0.3 is 0 Å². The Balaban J connectivity index is 1.67. The van der Waals surface area contributed by atoms with Crippen molar-refractivity contribution in [3.8, 4) is 17.2 Å². The molecule has 2 nitrogen and oxygen atoms in total. The number of fused-ring (bicyclic) bond motifs is 1. The molecule has 0 amide bonds. The molecule has 3 heteroatoms. The maximum absolute atomic E-state index is 14.2. The van der Waals surface area contributed by atoms with Crippen LogP contribution in [0.3, 0.4) is 0 Å². The Hall–Kier alpha value is -2.96. The van der Waals surface area contributed by atoms with Gasteiger partial charge in [0.2, 0.25) is 0 Å². The Kier molecular flexibility index (Phi) is 5.38. The smallest absolute Gasteiger partial charge is 0.143 e. The van der Waals surface area contributed by atoms with Gasteiger partial charge in [0.15, 0.2) is 0 Å². The lowest BCUT2D eigenvalue weighted by molar-refractivity contribution is -0.135. The first kappa shape index (κ1) is 21.9. The number of nitriles is 1. The summed E-state index contributed by atoms with van der Waals surface area (Å²) in [7, 11) is 0. The molecule has 3 aromatic rings. The summed E-state index contributed by atoms with van der Waals surface area (Å²) in [5.74, 6) is 0.443. The van der Waals surface area contributed by atoms with Gasteiger partial charge in [-0.1, -0.05) is 61.9 Å². The van der Waals surface area contributed by atoms with Crippen LogP contribution in [-0.2, 0) is 23.1 Å². The number of nitrogens with zero attached hydrogens (tertiary/aromatic N) is 1. The van der Waals surface area contributed by atoms with Crippen LogP contribution in [-0.4, -0.2) is 5.78 Å². The molecule has 2 aromatic carbocycles. The molecule has 33 heavy (non-hydrogen) atoms. The van der Waals surface area contributed by atoms with Crippen LogP contribution >= 0.6 is 11.3 Å². The van der Waals surface area contributed by atoms with Gasteiger partial charge in [0, 0.05) is 21.6 Å². The number of hydrogen-bond donors (Lipinski definition) is 0. The molecule has 0 saturated heterocycles. The van der Waals surface area contributed by atoms with E-state index in [1.165, 1.54) is 21.6 Å². The number of carbonyl (C=O) groups excluding carboxylic acids is 1. The molecule has 2 atom stereocenters. The molecule has 0 N–H and O–H groups in total. The lowest BCUT2D eigenvalue weighted by Crippen LogP contribution is -2.50. The monoisotopic (exact) mass is 451 g/mol. The van der Waals surface area contributed by atoms with E-state index in [4.69, 9.17) is 0 Å². The molecular formula is C30H29NOS. The second-order valence-electron chi connectivity index (χ2n) is 10.0. The third-order valence-corrected chi connectivity index (χ3v) is 9.30. The summed E-state index contributed by atoms with van der Waals surface area (Å²) in [5.41, 5.74) is 6.17. The average Bonchev–Trinajstić information content (AvgIpc) is 3.48. The fourth-order valence-electron chi connectivity index (χ4n) is 6.19. The standard InChI is InChI=1S/C30H29NOS/c1-4-21-12-20(2)28(32)30(16-24-9-5-6-10-25(24)17-30)29(3,15-21)27-14-26(19-33-27)23-11-7-8-22(13-23)18-31/h4-11,13-14,19-20H,12,15-17H2,1-3H3/b21-4-. The maximum Gasteiger partial charge on any atom is 0.143 e. The number of ketones is 1. The molecule has 1 fully saturated rings. The van der Waals surface area contributed by atoms with Gasteiger partial charge in [-0.3, -0.25) is 4.79 Å². The Morgan fingerprint density at radius 2 is 1.76 bits per heavy atom. The Morgan fingerprint density at radius 1 is 1.03 bits per heavy atom. The van der Waals surface area contributed by atoms with Crippen molar-refractivity contribution < 1.29 is 4.79 Å². The van der Waals surface area contributed by atoms with Crippen LogP contribution in [0.4, 0.5) is 0 Å². The highest BCUT2D eigenvalue weighted by Gasteiger charge is 2.59. The molecule has 1 aromatic heterocycles. The normalized spacial score (nSPS) is 25.1. The van der Waals surface area contributed by atoms with Gasteiger partial charge in [0.05, 0.1) is 11.6 Å². The number of hydrogen-bond acceptors (Lipinski definition) is 3. The molecule has 2 aliphatic carbocycles. The molecule has 0 aliphatic heterocycles. The van der Waals surface area contributed by atoms with Crippen LogP contribution in [0.2, 0.25) is 0 Å². The molecule has 5 rings (SSSR count). The van der Waals surface area contributed by atoms with E-state index in [1.54, 1.807) is 11.3 Å². The second-order valence-corrected chi connectivity index (χ2v) is 10.9. The molecule has 0 bridgehead atoms. The summed E-state index contributed by atoms with van der Waals surface area (Å²) < 4.78 is 0. The summed E-state index contributed by atoms with van der Waals surface area (Å²) in [6.07, 6.45) is 5.62. The Bertz CT molecular complexity index is 1280. The lowest BCUT2D eigenvalue weighted by Gasteiger charge is -2.45. The number of rotatable bonds is 2. The van der Waals surface area contributed by atoms with Crippen LogP contribution in [0.25, 0.3) is 11.1 Å². The summed E-state index contributed by atoms with van der Waals surface area (Å²) >= 11 is 1.77. The van der Waals surface area contributed by atoms with Crippen LogP contribution in [0.1, 0.15) is 55.2 Å². The van der Waals surface area contributed by atoms with E-state index >= 15 is 0 Å². The van der Waals surface area contributed by atoms with E-state index in [9.17, 15) is 10.1 Å². The number of carbonyl (C=O) groups is 1. The highest BCUT2D eigenvalue weighted by molar-refractivity contribution is 7.10. The quantitative estimate of drug-likeness (QED) is 0.384.